The van der Waals surface area contributed by atoms with E-state index in [0.717, 1.165) is 0 Å². The highest BCUT2D eigenvalue weighted by atomic mass is 19.4. The van der Waals surface area contributed by atoms with Gasteiger partial charge in [0.2, 0.25) is 11.5 Å². The maximum Gasteiger partial charge on any atom is 0.426 e. The minimum Gasteiger partial charge on any atom is -0.474 e. The van der Waals surface area contributed by atoms with Crippen molar-refractivity contribution in [2.75, 3.05) is 5.73 Å². The second-order valence-electron chi connectivity index (χ2n) is 8.01. The van der Waals surface area contributed by atoms with Crippen LogP contribution in [0.2, 0.25) is 0 Å². The van der Waals surface area contributed by atoms with E-state index < -0.39 is 65.1 Å². The third kappa shape index (κ3) is 3.90. The summed E-state index contributed by atoms with van der Waals surface area (Å²) in [5, 5.41) is 17.1. The number of ether oxygens (including phenoxy) is 1. The van der Waals surface area contributed by atoms with Gasteiger partial charge in [0.15, 0.2) is 5.69 Å². The zero-order valence-electron chi connectivity index (χ0n) is 16.1. The minimum absolute atomic E-state index is 0.0184. The Kier molecular flexibility index (Phi) is 4.87. The molecule has 4 atom stereocenters. The third-order valence-corrected chi connectivity index (χ3v) is 5.67. The van der Waals surface area contributed by atoms with Gasteiger partial charge in [0.1, 0.15) is 5.56 Å². The van der Waals surface area contributed by atoms with Crippen molar-refractivity contribution in [2.45, 2.75) is 56.7 Å². The highest BCUT2D eigenvalue weighted by molar-refractivity contribution is 5.68. The smallest absolute Gasteiger partial charge is 0.426 e. The number of halogens is 6. The van der Waals surface area contributed by atoms with E-state index in [-0.39, 0.29) is 18.3 Å². The number of rotatable bonds is 0. The molecule has 1 saturated carbocycles. The van der Waals surface area contributed by atoms with Crippen LogP contribution >= 0.6 is 0 Å². The number of aromatic nitrogens is 3. The molecular formula is C18H18F6N4O3. The van der Waals surface area contributed by atoms with Crippen LogP contribution in [0.3, 0.4) is 0 Å². The van der Waals surface area contributed by atoms with Crippen LogP contribution in [-0.2, 0) is 11.8 Å². The molecule has 0 spiro atoms. The van der Waals surface area contributed by atoms with E-state index in [9.17, 15) is 31.4 Å². The number of pyridine rings is 1. The number of anilines is 1. The average molecular weight is 452 g/mol. The van der Waals surface area contributed by atoms with Crippen molar-refractivity contribution >= 4 is 5.69 Å². The summed E-state index contributed by atoms with van der Waals surface area (Å²) in [5.74, 6) is -2.76. The van der Waals surface area contributed by atoms with Crippen molar-refractivity contribution in [3.05, 3.63) is 17.5 Å². The van der Waals surface area contributed by atoms with Crippen molar-refractivity contribution in [2.24, 2.45) is 11.8 Å². The number of aliphatic hydroxyl groups is 1. The summed E-state index contributed by atoms with van der Waals surface area (Å²) < 4.78 is 91.9. The van der Waals surface area contributed by atoms with Gasteiger partial charge in [-0.25, -0.2) is 4.98 Å². The summed E-state index contributed by atoms with van der Waals surface area (Å²) in [4.78, 5) is 3.74. The lowest BCUT2D eigenvalue weighted by atomic mass is 9.94. The number of fused-ring (bicyclic) bond motifs is 6. The lowest BCUT2D eigenvalue weighted by Gasteiger charge is -2.27. The molecule has 3 unspecified atom stereocenters. The van der Waals surface area contributed by atoms with Crippen molar-refractivity contribution in [3.63, 3.8) is 0 Å². The van der Waals surface area contributed by atoms with E-state index in [0.29, 0.717) is 18.9 Å². The first-order valence-electron chi connectivity index (χ1n) is 9.47. The van der Waals surface area contributed by atoms with Gasteiger partial charge in [0.25, 0.3) is 11.8 Å². The number of nitrogen functional groups attached to an aromatic ring is 1. The van der Waals surface area contributed by atoms with E-state index in [2.05, 4.69) is 15.2 Å². The van der Waals surface area contributed by atoms with Crippen molar-refractivity contribution < 1.29 is 40.6 Å². The van der Waals surface area contributed by atoms with E-state index in [1.54, 1.807) is 6.92 Å². The zero-order chi connectivity index (χ0) is 22.8. The molecule has 170 valence electrons. The maximum atomic E-state index is 13.7. The Balaban J connectivity index is 1.86. The van der Waals surface area contributed by atoms with Gasteiger partial charge in [0, 0.05) is 0 Å². The van der Waals surface area contributed by atoms with E-state index >= 15 is 0 Å². The van der Waals surface area contributed by atoms with Gasteiger partial charge in [0.05, 0.1) is 11.8 Å². The molecule has 0 radical (unpaired) electrons. The zero-order valence-corrected chi connectivity index (χ0v) is 16.1. The summed E-state index contributed by atoms with van der Waals surface area (Å²) in [5.41, 5.74) is 0.00167. The Morgan fingerprint density at radius 3 is 2.48 bits per heavy atom. The van der Waals surface area contributed by atoms with Gasteiger partial charge in [-0.15, -0.1) is 10.2 Å². The third-order valence-electron chi connectivity index (χ3n) is 5.67. The van der Waals surface area contributed by atoms with Crippen LogP contribution in [0.15, 0.2) is 10.5 Å². The van der Waals surface area contributed by atoms with Crippen molar-refractivity contribution in [1.29, 1.82) is 0 Å². The Hall–Kier alpha value is -2.57. The molecule has 0 amide bonds. The van der Waals surface area contributed by atoms with Gasteiger partial charge in [-0.2, -0.15) is 26.3 Å². The summed E-state index contributed by atoms with van der Waals surface area (Å²) >= 11 is 0. The second-order valence-corrected chi connectivity index (χ2v) is 8.01. The van der Waals surface area contributed by atoms with Crippen molar-refractivity contribution in [1.82, 2.24) is 15.2 Å². The Labute approximate surface area is 171 Å². The minimum atomic E-state index is -5.11. The predicted octanol–water partition coefficient (Wildman–Crippen LogP) is 4.07. The summed E-state index contributed by atoms with van der Waals surface area (Å²) in [6, 6.07) is 0.552. The molecule has 3 N–H and O–H groups in total. The standard InChI is InChI=1S/C18H18F6N4O3/c1-7-4-9-5-8(9)2-3-16(29,18(22,23)24)15-28-27-14(31-15)12-11(25)6-10(17(19,20)21)13(26-12)30-7/h6-9,29H,2-5,25H2,1H3/t7-,8?,9?,16?/m1/s1. The molecule has 4 bridgehead atoms. The Bertz CT molecular complexity index is 992. The molecule has 1 aliphatic carbocycles. The molecule has 4 rings (SSSR count). The summed E-state index contributed by atoms with van der Waals surface area (Å²) in [6.07, 6.45) is -10.4. The lowest BCUT2D eigenvalue weighted by Crippen LogP contribution is -2.42. The molecule has 0 saturated heterocycles. The number of nitrogens with two attached hydrogens (primary N) is 1. The summed E-state index contributed by atoms with van der Waals surface area (Å²) in [7, 11) is 0. The number of hydrogen-bond acceptors (Lipinski definition) is 7. The lowest BCUT2D eigenvalue weighted by molar-refractivity contribution is -0.277. The van der Waals surface area contributed by atoms with Gasteiger partial charge in [-0.05, 0) is 50.5 Å². The molecule has 2 aliphatic rings. The highest BCUT2D eigenvalue weighted by Gasteiger charge is 2.59. The van der Waals surface area contributed by atoms with E-state index in [1.807, 2.05) is 0 Å². The van der Waals surface area contributed by atoms with E-state index in [1.165, 1.54) is 0 Å². The van der Waals surface area contributed by atoms with Gasteiger partial charge in [-0.1, -0.05) is 0 Å². The topological polar surface area (TPSA) is 107 Å². The largest absolute Gasteiger partial charge is 0.474 e. The van der Waals surface area contributed by atoms with Crippen LogP contribution in [0, 0.1) is 11.8 Å². The first kappa shape index (κ1) is 21.7. The van der Waals surface area contributed by atoms with Crippen LogP contribution in [-0.4, -0.2) is 32.6 Å². The highest BCUT2D eigenvalue weighted by Crippen LogP contribution is 2.51. The fourth-order valence-corrected chi connectivity index (χ4v) is 3.84. The first-order valence-corrected chi connectivity index (χ1v) is 9.47. The monoisotopic (exact) mass is 452 g/mol. The fourth-order valence-electron chi connectivity index (χ4n) is 3.84. The molecule has 7 nitrogen and oxygen atoms in total. The molecule has 3 heterocycles. The molecule has 2 aromatic rings. The van der Waals surface area contributed by atoms with Crippen molar-refractivity contribution in [3.8, 4) is 17.5 Å². The fraction of sp³-hybridized carbons (Fsp3) is 0.611. The molecule has 0 aromatic carbocycles. The molecular weight excluding hydrogens is 434 g/mol. The first-order chi connectivity index (χ1) is 14.3. The van der Waals surface area contributed by atoms with Crippen LogP contribution < -0.4 is 10.5 Å². The molecule has 1 fully saturated rings. The van der Waals surface area contributed by atoms with Crippen LogP contribution in [0.25, 0.3) is 11.6 Å². The quantitative estimate of drug-likeness (QED) is 0.581. The summed E-state index contributed by atoms with van der Waals surface area (Å²) in [6.45, 7) is 1.55. The molecule has 31 heavy (non-hydrogen) atoms. The number of hydrogen-bond donors (Lipinski definition) is 2. The predicted molar refractivity (Wildman–Crippen MR) is 92.4 cm³/mol. The van der Waals surface area contributed by atoms with Crippen LogP contribution in [0.5, 0.6) is 5.88 Å². The van der Waals surface area contributed by atoms with Crippen LogP contribution in [0.4, 0.5) is 32.0 Å². The van der Waals surface area contributed by atoms with E-state index in [4.69, 9.17) is 14.9 Å². The maximum absolute atomic E-state index is 13.7. The molecule has 13 heteroatoms. The number of alkyl halides is 6. The number of nitrogens with zero attached hydrogens (tertiary/aromatic N) is 3. The van der Waals surface area contributed by atoms with Crippen LogP contribution in [0.1, 0.15) is 44.1 Å². The molecule has 1 aliphatic heterocycles. The van der Waals surface area contributed by atoms with Gasteiger partial charge < -0.3 is 20.0 Å². The SMILES string of the molecule is C[C@@H]1CC2CC2CCC(O)(C(F)(F)F)c2nnc(o2)-c2nc(c(C(F)(F)F)cc2N)O1. The molecule has 2 aromatic heterocycles. The Morgan fingerprint density at radius 1 is 1.13 bits per heavy atom. The Morgan fingerprint density at radius 2 is 1.84 bits per heavy atom. The van der Waals surface area contributed by atoms with Gasteiger partial charge >= 0.3 is 12.4 Å². The average Bonchev–Trinajstić information content (AvgIpc) is 3.17. The van der Waals surface area contributed by atoms with Gasteiger partial charge in [-0.3, -0.25) is 0 Å². The normalized spacial score (nSPS) is 29.0. The second kappa shape index (κ2) is 6.97.